The van der Waals surface area contributed by atoms with E-state index in [0.29, 0.717) is 4.47 Å². The smallest absolute Gasteiger partial charge is 0.308 e. The maximum absolute atomic E-state index is 11.6. The molecule has 1 fully saturated rings. The van der Waals surface area contributed by atoms with E-state index < -0.39 is 11.9 Å². The number of carboxylic acid groups (broad SMARTS) is 1. The van der Waals surface area contributed by atoms with Crippen molar-refractivity contribution < 1.29 is 14.7 Å². The monoisotopic (exact) mass is 319 g/mol. The molecule has 0 bridgehead atoms. The molecule has 1 saturated heterocycles. The van der Waals surface area contributed by atoms with Crippen LogP contribution in [0, 0.1) is 5.92 Å². The van der Waals surface area contributed by atoms with Gasteiger partial charge in [0.05, 0.1) is 10.4 Å². The highest BCUT2D eigenvalue weighted by Gasteiger charge is 2.36. The summed E-state index contributed by atoms with van der Waals surface area (Å²) in [5, 5.41) is 9.02. The Morgan fingerprint density at radius 1 is 1.65 bits per heavy atom. The second-order valence-electron chi connectivity index (χ2n) is 3.55. The van der Waals surface area contributed by atoms with Gasteiger partial charge in [0, 0.05) is 19.2 Å². The number of aromatic nitrogens is 2. The molecule has 0 radical (unpaired) electrons. The molecule has 0 aromatic carbocycles. The van der Waals surface area contributed by atoms with Gasteiger partial charge >= 0.3 is 5.97 Å². The summed E-state index contributed by atoms with van der Waals surface area (Å²) in [6.45, 7) is 0.0755. The van der Waals surface area contributed by atoms with Crippen LogP contribution in [0.1, 0.15) is 6.42 Å². The van der Waals surface area contributed by atoms with Crippen LogP contribution in [0.5, 0.6) is 0 Å². The predicted octanol–water partition coefficient (Wildman–Crippen LogP) is 1.33. The topological polar surface area (TPSA) is 83.4 Å². The van der Waals surface area contributed by atoms with Gasteiger partial charge in [-0.15, -0.1) is 0 Å². The lowest BCUT2D eigenvalue weighted by molar-refractivity contribution is -0.141. The SMILES string of the molecule is O=C(O)C1CC(=O)N(c2ncc(Br)c(Cl)n2)C1. The molecule has 6 nitrogen and oxygen atoms in total. The van der Waals surface area contributed by atoms with Crippen LogP contribution in [0.2, 0.25) is 5.15 Å². The Hall–Kier alpha value is -1.21. The van der Waals surface area contributed by atoms with Crippen LogP contribution in [-0.2, 0) is 9.59 Å². The number of halogens is 2. The number of hydrogen-bond donors (Lipinski definition) is 1. The van der Waals surface area contributed by atoms with Crippen LogP contribution < -0.4 is 4.90 Å². The third-order valence-electron chi connectivity index (χ3n) is 2.40. The standard InChI is InChI=1S/C9H7BrClN3O3/c10-5-2-12-9(13-7(5)11)14-3-4(8(16)17)1-6(14)15/h2,4H,1,3H2,(H,16,17). The van der Waals surface area contributed by atoms with Crippen LogP contribution in [0.4, 0.5) is 5.95 Å². The number of carboxylic acids is 1. The van der Waals surface area contributed by atoms with E-state index in [9.17, 15) is 9.59 Å². The van der Waals surface area contributed by atoms with Crippen molar-refractivity contribution in [1.82, 2.24) is 9.97 Å². The van der Waals surface area contributed by atoms with Crippen molar-refractivity contribution in [1.29, 1.82) is 0 Å². The quantitative estimate of drug-likeness (QED) is 0.831. The average molecular weight is 321 g/mol. The fraction of sp³-hybridized carbons (Fsp3) is 0.333. The Balaban J connectivity index is 2.26. The van der Waals surface area contributed by atoms with Gasteiger partial charge in [0.15, 0.2) is 0 Å². The fourth-order valence-electron chi connectivity index (χ4n) is 1.53. The van der Waals surface area contributed by atoms with Crippen LogP contribution in [0.25, 0.3) is 0 Å². The number of rotatable bonds is 2. The number of hydrogen-bond acceptors (Lipinski definition) is 4. The Morgan fingerprint density at radius 2 is 2.35 bits per heavy atom. The van der Waals surface area contributed by atoms with E-state index in [4.69, 9.17) is 16.7 Å². The summed E-state index contributed by atoms with van der Waals surface area (Å²) in [4.78, 5) is 31.5. The van der Waals surface area contributed by atoms with Gasteiger partial charge in [-0.1, -0.05) is 11.6 Å². The molecule has 17 heavy (non-hydrogen) atoms. The van der Waals surface area contributed by atoms with Crippen LogP contribution in [0.15, 0.2) is 10.7 Å². The lowest BCUT2D eigenvalue weighted by Crippen LogP contribution is -2.27. The Bertz CT molecular complexity index is 496. The van der Waals surface area contributed by atoms with E-state index in [1.54, 1.807) is 0 Å². The van der Waals surface area contributed by atoms with Crippen molar-refractivity contribution in [3.8, 4) is 0 Å². The van der Waals surface area contributed by atoms with Gasteiger partial charge in [0.2, 0.25) is 11.9 Å². The van der Waals surface area contributed by atoms with Crippen molar-refractivity contribution in [2.45, 2.75) is 6.42 Å². The number of carbonyl (C=O) groups is 2. The second kappa shape index (κ2) is 4.58. The van der Waals surface area contributed by atoms with Crippen molar-refractivity contribution in [2.75, 3.05) is 11.4 Å². The first-order valence-electron chi connectivity index (χ1n) is 4.70. The zero-order valence-electron chi connectivity index (χ0n) is 8.43. The predicted molar refractivity (Wildman–Crippen MR) is 62.8 cm³/mol. The third-order valence-corrected chi connectivity index (χ3v) is 3.50. The van der Waals surface area contributed by atoms with Gasteiger partial charge in [0.25, 0.3) is 0 Å². The van der Waals surface area contributed by atoms with Crippen LogP contribution in [0.3, 0.4) is 0 Å². The van der Waals surface area contributed by atoms with Crippen LogP contribution >= 0.6 is 27.5 Å². The first kappa shape index (κ1) is 12.3. The van der Waals surface area contributed by atoms with Gasteiger partial charge in [0.1, 0.15) is 5.15 Å². The van der Waals surface area contributed by atoms with E-state index in [-0.39, 0.29) is 30.0 Å². The van der Waals surface area contributed by atoms with E-state index in [1.165, 1.54) is 11.1 Å². The average Bonchev–Trinajstić information content (AvgIpc) is 2.65. The van der Waals surface area contributed by atoms with Crippen molar-refractivity contribution in [3.05, 3.63) is 15.8 Å². The Labute approximate surface area is 110 Å². The maximum atomic E-state index is 11.6. The minimum Gasteiger partial charge on any atom is -0.481 e. The van der Waals surface area contributed by atoms with Gasteiger partial charge in [-0.3, -0.25) is 14.5 Å². The lowest BCUT2D eigenvalue weighted by Gasteiger charge is -2.13. The minimum absolute atomic E-state index is 0.0353. The summed E-state index contributed by atoms with van der Waals surface area (Å²) in [6.07, 6.45) is 1.39. The Morgan fingerprint density at radius 3 is 2.88 bits per heavy atom. The highest BCUT2D eigenvalue weighted by atomic mass is 79.9. The van der Waals surface area contributed by atoms with Gasteiger partial charge < -0.3 is 5.11 Å². The number of anilines is 1. The zero-order chi connectivity index (χ0) is 12.6. The van der Waals surface area contributed by atoms with Crippen molar-refractivity contribution >= 4 is 45.4 Å². The first-order chi connectivity index (χ1) is 7.99. The minimum atomic E-state index is -0.996. The zero-order valence-corrected chi connectivity index (χ0v) is 10.8. The molecule has 2 heterocycles. The summed E-state index contributed by atoms with van der Waals surface area (Å²) in [5.41, 5.74) is 0. The maximum Gasteiger partial charge on any atom is 0.308 e. The van der Waals surface area contributed by atoms with E-state index in [1.807, 2.05) is 0 Å². The van der Waals surface area contributed by atoms with Crippen molar-refractivity contribution in [3.63, 3.8) is 0 Å². The summed E-state index contributed by atoms with van der Waals surface area (Å²) in [7, 11) is 0. The molecule has 1 aromatic rings. The fourth-order valence-corrected chi connectivity index (χ4v) is 1.85. The molecule has 8 heteroatoms. The summed E-state index contributed by atoms with van der Waals surface area (Å²) < 4.78 is 0.518. The molecule has 0 spiro atoms. The molecule has 2 rings (SSSR count). The summed E-state index contributed by atoms with van der Waals surface area (Å²) in [6, 6.07) is 0. The van der Waals surface area contributed by atoms with E-state index in [0.717, 1.165) is 0 Å². The molecular weight excluding hydrogens is 313 g/mol. The number of amides is 1. The van der Waals surface area contributed by atoms with Gasteiger partial charge in [-0.2, -0.15) is 4.98 Å². The third kappa shape index (κ3) is 2.39. The molecule has 1 aliphatic heterocycles. The summed E-state index contributed by atoms with van der Waals surface area (Å²) >= 11 is 8.92. The lowest BCUT2D eigenvalue weighted by atomic mass is 10.1. The normalized spacial score (nSPS) is 19.8. The Kier molecular flexibility index (Phi) is 3.30. The largest absolute Gasteiger partial charge is 0.481 e. The summed E-state index contributed by atoms with van der Waals surface area (Å²) in [5.74, 6) is -1.89. The highest BCUT2D eigenvalue weighted by Crippen LogP contribution is 2.26. The number of nitrogens with zero attached hydrogens (tertiary/aromatic N) is 3. The first-order valence-corrected chi connectivity index (χ1v) is 5.87. The number of aliphatic carboxylic acids is 1. The number of carbonyl (C=O) groups excluding carboxylic acids is 1. The molecule has 0 aliphatic carbocycles. The van der Waals surface area contributed by atoms with Crippen molar-refractivity contribution in [2.24, 2.45) is 5.92 Å². The molecule has 90 valence electrons. The van der Waals surface area contributed by atoms with Crippen LogP contribution in [-0.4, -0.2) is 33.5 Å². The van der Waals surface area contributed by atoms with Gasteiger partial charge in [-0.05, 0) is 15.9 Å². The molecule has 1 aliphatic rings. The molecule has 1 atom stereocenters. The molecule has 1 N–H and O–H groups in total. The van der Waals surface area contributed by atoms with E-state index >= 15 is 0 Å². The molecule has 1 aromatic heterocycles. The van der Waals surface area contributed by atoms with Gasteiger partial charge in [-0.25, -0.2) is 4.98 Å². The molecule has 1 unspecified atom stereocenters. The molecule has 1 amide bonds. The molecular formula is C9H7BrClN3O3. The molecule has 0 saturated carbocycles. The highest BCUT2D eigenvalue weighted by molar-refractivity contribution is 9.10. The van der Waals surface area contributed by atoms with E-state index in [2.05, 4.69) is 25.9 Å². The second-order valence-corrected chi connectivity index (χ2v) is 4.76.